The minimum absolute atomic E-state index is 0.108. The lowest BCUT2D eigenvalue weighted by atomic mass is 9.64. The maximum absolute atomic E-state index is 15.1. The summed E-state index contributed by atoms with van der Waals surface area (Å²) in [7, 11) is 0. The number of likely N-dealkylation sites (tertiary alicyclic amines) is 1. The molecule has 3 aliphatic rings. The zero-order valence-corrected chi connectivity index (χ0v) is 29.6. The second-order valence-electron chi connectivity index (χ2n) is 13.7. The number of fused-ring (bicyclic) bond motifs is 1. The Morgan fingerprint density at radius 1 is 1.04 bits per heavy atom. The molecule has 3 fully saturated rings. The van der Waals surface area contributed by atoms with Crippen LogP contribution in [0.1, 0.15) is 65.4 Å². The fraction of sp³-hybridized carbons (Fsp3) is 0.525. The Kier molecular flexibility index (Phi) is 11.3. The third kappa shape index (κ3) is 6.43. The molecule has 3 amide bonds. The molecular formula is C40H53N3O6. The van der Waals surface area contributed by atoms with Crippen LogP contribution in [0.5, 0.6) is 5.75 Å². The van der Waals surface area contributed by atoms with Gasteiger partial charge in [-0.3, -0.25) is 14.4 Å². The number of carbonyl (C=O) groups is 3. The van der Waals surface area contributed by atoms with E-state index < -0.39 is 35.1 Å². The van der Waals surface area contributed by atoms with E-state index in [-0.39, 0.29) is 36.9 Å². The molecule has 49 heavy (non-hydrogen) atoms. The molecule has 7 atom stereocenters. The maximum Gasteiger partial charge on any atom is 0.248 e. The minimum atomic E-state index is -1.22. The predicted molar refractivity (Wildman–Crippen MR) is 191 cm³/mol. The van der Waals surface area contributed by atoms with Gasteiger partial charge in [0.05, 0.1) is 36.7 Å². The molecule has 9 nitrogen and oxygen atoms in total. The minimum Gasteiger partial charge on any atom is -0.494 e. The predicted octanol–water partition coefficient (Wildman–Crippen LogP) is 5.57. The molecule has 0 aromatic heterocycles. The van der Waals surface area contributed by atoms with Crippen LogP contribution in [0.25, 0.3) is 0 Å². The van der Waals surface area contributed by atoms with Gasteiger partial charge in [0.15, 0.2) is 0 Å². The van der Waals surface area contributed by atoms with Crippen LogP contribution in [-0.4, -0.2) is 88.3 Å². The molecular weight excluding hydrogens is 618 g/mol. The number of aliphatic hydroxyl groups excluding tert-OH is 1. The summed E-state index contributed by atoms with van der Waals surface area (Å²) < 4.78 is 12.7. The maximum atomic E-state index is 15.1. The monoisotopic (exact) mass is 671 g/mol. The van der Waals surface area contributed by atoms with Gasteiger partial charge in [0, 0.05) is 24.8 Å². The number of amides is 3. The van der Waals surface area contributed by atoms with Crippen LogP contribution in [0.2, 0.25) is 0 Å². The van der Waals surface area contributed by atoms with Gasteiger partial charge in [0.1, 0.15) is 17.4 Å². The van der Waals surface area contributed by atoms with Crippen molar-refractivity contribution in [2.24, 2.45) is 11.8 Å². The first-order valence-electron chi connectivity index (χ1n) is 17.9. The van der Waals surface area contributed by atoms with Crippen molar-refractivity contribution in [3.05, 3.63) is 85.5 Å². The average Bonchev–Trinajstić information content (AvgIpc) is 3.72. The lowest BCUT2D eigenvalue weighted by Crippen LogP contribution is -2.60. The lowest BCUT2D eigenvalue weighted by molar-refractivity contribution is -0.157. The topological polar surface area (TPSA) is 99.6 Å². The zero-order chi connectivity index (χ0) is 35.3. The first kappa shape index (κ1) is 36.3. The summed E-state index contributed by atoms with van der Waals surface area (Å²) in [6.07, 6.45) is 6.93. The van der Waals surface area contributed by atoms with Gasteiger partial charge in [0.2, 0.25) is 17.7 Å². The second kappa shape index (κ2) is 15.3. The number of anilines is 1. The highest BCUT2D eigenvalue weighted by atomic mass is 16.5. The molecule has 3 unspecified atom stereocenters. The summed E-state index contributed by atoms with van der Waals surface area (Å²) in [6.45, 7) is 16.6. The third-order valence-electron chi connectivity index (χ3n) is 10.9. The first-order chi connectivity index (χ1) is 23.7. The van der Waals surface area contributed by atoms with Crippen LogP contribution in [0.4, 0.5) is 5.69 Å². The summed E-state index contributed by atoms with van der Waals surface area (Å²) >= 11 is 0. The highest BCUT2D eigenvalue weighted by Gasteiger charge is 2.79. The number of carbonyl (C=O) groups excluding carboxylic acids is 3. The SMILES string of the molecule is C=CCN(C(=O)[C@@H]1[C@H]2C(=O)N([C@@H](CO)Cc3ccccc3)C(C(=O)N(CC=C)C(C)CCC)C23CC[C@@]1(CC)O3)c1ccc(OCC)cc1. The van der Waals surface area contributed by atoms with Crippen molar-refractivity contribution in [1.29, 1.82) is 0 Å². The molecule has 1 spiro atoms. The van der Waals surface area contributed by atoms with Crippen LogP contribution < -0.4 is 9.64 Å². The normalized spacial score (nSPS) is 26.6. The van der Waals surface area contributed by atoms with E-state index in [0.717, 1.165) is 18.4 Å². The van der Waals surface area contributed by atoms with Crippen LogP contribution in [-0.2, 0) is 25.5 Å². The summed E-state index contributed by atoms with van der Waals surface area (Å²) in [5.74, 6) is -1.80. The van der Waals surface area contributed by atoms with Crippen molar-refractivity contribution in [2.45, 2.75) is 95.5 Å². The van der Waals surface area contributed by atoms with Crippen LogP contribution in [0.15, 0.2) is 79.9 Å². The molecule has 9 heteroatoms. The van der Waals surface area contributed by atoms with Crippen molar-refractivity contribution in [2.75, 3.05) is 31.2 Å². The fourth-order valence-corrected chi connectivity index (χ4v) is 8.71. The molecule has 264 valence electrons. The number of hydrogen-bond donors (Lipinski definition) is 1. The number of nitrogens with zero attached hydrogens (tertiary/aromatic N) is 3. The Balaban J connectivity index is 1.63. The summed E-state index contributed by atoms with van der Waals surface area (Å²) in [6, 6.07) is 15.2. The molecule has 0 saturated carbocycles. The third-order valence-corrected chi connectivity index (χ3v) is 10.9. The van der Waals surface area contributed by atoms with E-state index in [9.17, 15) is 9.90 Å². The number of rotatable bonds is 17. The van der Waals surface area contributed by atoms with E-state index in [4.69, 9.17) is 9.47 Å². The molecule has 0 radical (unpaired) electrons. The number of aliphatic hydroxyl groups is 1. The Bertz CT molecular complexity index is 1500. The van der Waals surface area contributed by atoms with Crippen LogP contribution in [0.3, 0.4) is 0 Å². The quantitative estimate of drug-likeness (QED) is 0.221. The second-order valence-corrected chi connectivity index (χ2v) is 13.7. The largest absolute Gasteiger partial charge is 0.494 e. The van der Waals surface area contributed by atoms with Crippen molar-refractivity contribution >= 4 is 23.4 Å². The first-order valence-corrected chi connectivity index (χ1v) is 17.9. The molecule has 1 N–H and O–H groups in total. The fourth-order valence-electron chi connectivity index (χ4n) is 8.71. The molecule has 2 aromatic rings. The molecule has 3 aliphatic heterocycles. The highest BCUT2D eigenvalue weighted by molar-refractivity contribution is 6.03. The average molecular weight is 672 g/mol. The lowest BCUT2D eigenvalue weighted by Gasteiger charge is -2.41. The Morgan fingerprint density at radius 3 is 2.33 bits per heavy atom. The standard InChI is InChI=1S/C40H53N3O6/c1-7-15-28(6)41(24-8-2)38(47)35-40-23-22-39(10-4,49-40)33(36(45)42(25-9-3)30-18-20-32(21-19-30)48-11-5)34(40)37(46)43(35)31(27-44)26-29-16-13-12-14-17-29/h8-9,12-14,16-21,28,31,33-35,44H,2-3,7,10-11,15,22-27H2,1,4-6H3/t28?,31-,33+,34+,35?,39-,40?/m1/s1. The summed E-state index contributed by atoms with van der Waals surface area (Å²) in [5.41, 5.74) is -0.542. The van der Waals surface area contributed by atoms with Gasteiger partial charge in [-0.25, -0.2) is 0 Å². The molecule has 3 saturated heterocycles. The number of ether oxygens (including phenoxy) is 2. The van der Waals surface area contributed by atoms with Crippen molar-refractivity contribution in [3.63, 3.8) is 0 Å². The Morgan fingerprint density at radius 2 is 1.73 bits per heavy atom. The van der Waals surface area contributed by atoms with Gasteiger partial charge in [-0.2, -0.15) is 0 Å². The van der Waals surface area contributed by atoms with E-state index in [1.807, 2.05) is 75.4 Å². The molecule has 3 heterocycles. The van der Waals surface area contributed by atoms with Crippen molar-refractivity contribution in [1.82, 2.24) is 9.80 Å². The van der Waals surface area contributed by atoms with E-state index in [0.29, 0.717) is 50.3 Å². The van der Waals surface area contributed by atoms with E-state index in [2.05, 4.69) is 20.1 Å². The van der Waals surface area contributed by atoms with Gasteiger partial charge in [0.25, 0.3) is 0 Å². The van der Waals surface area contributed by atoms with Crippen molar-refractivity contribution < 1.29 is 29.0 Å². The van der Waals surface area contributed by atoms with E-state index in [1.54, 1.807) is 26.9 Å². The van der Waals surface area contributed by atoms with E-state index in [1.165, 1.54) is 0 Å². The Hall–Kier alpha value is -3.95. The van der Waals surface area contributed by atoms with Gasteiger partial charge < -0.3 is 29.3 Å². The molecule has 2 bridgehead atoms. The molecule has 2 aromatic carbocycles. The number of hydrogen-bond acceptors (Lipinski definition) is 6. The highest BCUT2D eigenvalue weighted by Crippen LogP contribution is 2.65. The molecule has 5 rings (SSSR count). The van der Waals surface area contributed by atoms with Crippen LogP contribution in [0, 0.1) is 11.8 Å². The van der Waals surface area contributed by atoms with Gasteiger partial charge >= 0.3 is 0 Å². The van der Waals surface area contributed by atoms with Crippen molar-refractivity contribution in [3.8, 4) is 5.75 Å². The van der Waals surface area contributed by atoms with Gasteiger partial charge in [-0.05, 0) is 75.8 Å². The zero-order valence-electron chi connectivity index (χ0n) is 29.6. The molecule has 0 aliphatic carbocycles. The van der Waals surface area contributed by atoms with Gasteiger partial charge in [-0.1, -0.05) is 62.8 Å². The van der Waals surface area contributed by atoms with E-state index >= 15 is 9.59 Å². The smallest absolute Gasteiger partial charge is 0.248 e. The summed E-state index contributed by atoms with van der Waals surface area (Å²) in [5, 5.41) is 10.9. The van der Waals surface area contributed by atoms with Crippen LogP contribution >= 0.6 is 0 Å². The summed E-state index contributed by atoms with van der Waals surface area (Å²) in [4.78, 5) is 50.1. The Labute approximate surface area is 291 Å². The van der Waals surface area contributed by atoms with Gasteiger partial charge in [-0.15, -0.1) is 13.2 Å². The number of benzene rings is 2.